The van der Waals surface area contributed by atoms with Crippen molar-refractivity contribution in [2.24, 2.45) is 0 Å². The molecule has 1 aliphatic rings. The normalized spacial score (nSPS) is 14.6. The van der Waals surface area contributed by atoms with E-state index < -0.39 is 6.04 Å². The number of nitrogens with zero attached hydrogens (tertiary/aromatic N) is 1. The van der Waals surface area contributed by atoms with Crippen molar-refractivity contribution in [1.29, 1.82) is 0 Å². The van der Waals surface area contributed by atoms with Crippen molar-refractivity contribution in [1.82, 2.24) is 10.2 Å². The van der Waals surface area contributed by atoms with E-state index in [1.165, 1.54) is 12.7 Å². The number of carbonyl (C=O) groups is 2. The summed E-state index contributed by atoms with van der Waals surface area (Å²) in [5.74, 6) is 0.844. The summed E-state index contributed by atoms with van der Waals surface area (Å²) in [6, 6.07) is 15.2. The SMILES string of the molecule is COc1ccc(CCN(C(=O)c2ccco2)C(C(=O)NC2CCCCC2)c2ccc(Cl)cc2)cc1OC. The molecule has 1 unspecified atom stereocenters. The highest BCUT2D eigenvalue weighted by Gasteiger charge is 2.34. The molecule has 0 radical (unpaired) electrons. The molecule has 1 fully saturated rings. The smallest absolute Gasteiger partial charge is 0.290 e. The standard InChI is InChI=1S/C29H33ClN2O5/c1-35-24-15-10-20(19-26(24)36-2)16-17-32(29(34)25-9-6-18-37-25)27(21-11-13-22(30)14-12-21)28(33)31-23-7-4-3-5-8-23/h6,9-15,18-19,23,27H,3-5,7-8,16-17H2,1-2H3,(H,31,33). The molecule has 1 atom stereocenters. The van der Waals surface area contributed by atoms with Gasteiger partial charge in [-0.2, -0.15) is 0 Å². The lowest BCUT2D eigenvalue weighted by atomic mass is 9.94. The third-order valence-corrected chi connectivity index (χ3v) is 7.03. The van der Waals surface area contributed by atoms with E-state index in [0.29, 0.717) is 28.5 Å². The minimum Gasteiger partial charge on any atom is -0.493 e. The van der Waals surface area contributed by atoms with Crippen LogP contribution in [0, 0.1) is 0 Å². The van der Waals surface area contributed by atoms with Gasteiger partial charge >= 0.3 is 0 Å². The van der Waals surface area contributed by atoms with E-state index in [9.17, 15) is 9.59 Å². The van der Waals surface area contributed by atoms with Crippen molar-refractivity contribution in [2.75, 3.05) is 20.8 Å². The van der Waals surface area contributed by atoms with Gasteiger partial charge in [-0.25, -0.2) is 0 Å². The zero-order valence-electron chi connectivity index (χ0n) is 21.2. The van der Waals surface area contributed by atoms with Crippen LogP contribution in [0.3, 0.4) is 0 Å². The van der Waals surface area contributed by atoms with Crippen molar-refractivity contribution in [3.63, 3.8) is 0 Å². The molecule has 0 aliphatic heterocycles. The maximum atomic E-state index is 13.8. The van der Waals surface area contributed by atoms with Crippen LogP contribution in [0.2, 0.25) is 5.02 Å². The average Bonchev–Trinajstić information content (AvgIpc) is 3.47. The molecular formula is C29H33ClN2O5. The minimum absolute atomic E-state index is 0.0995. The van der Waals surface area contributed by atoms with Crippen LogP contribution in [0.5, 0.6) is 11.5 Å². The van der Waals surface area contributed by atoms with E-state index in [-0.39, 0.29) is 30.2 Å². The largest absolute Gasteiger partial charge is 0.493 e. The molecule has 8 heteroatoms. The summed E-state index contributed by atoms with van der Waals surface area (Å²) in [5.41, 5.74) is 1.63. The van der Waals surface area contributed by atoms with Gasteiger partial charge in [0.15, 0.2) is 17.3 Å². The Morgan fingerprint density at radius 1 is 1.03 bits per heavy atom. The topological polar surface area (TPSA) is 81.0 Å². The Kier molecular flexibility index (Phi) is 9.12. The Labute approximate surface area is 222 Å². The molecule has 1 aromatic heterocycles. The number of hydrogen-bond donors (Lipinski definition) is 1. The Hall–Kier alpha value is -3.45. The highest BCUT2D eigenvalue weighted by molar-refractivity contribution is 6.30. The van der Waals surface area contributed by atoms with Crippen LogP contribution in [-0.4, -0.2) is 43.5 Å². The van der Waals surface area contributed by atoms with Crippen molar-refractivity contribution >= 4 is 23.4 Å². The van der Waals surface area contributed by atoms with Gasteiger partial charge in [-0.15, -0.1) is 0 Å². The number of rotatable bonds is 10. The fraction of sp³-hybridized carbons (Fsp3) is 0.379. The van der Waals surface area contributed by atoms with Crippen molar-refractivity contribution < 1.29 is 23.5 Å². The fourth-order valence-electron chi connectivity index (χ4n) is 4.82. The van der Waals surface area contributed by atoms with Crippen LogP contribution < -0.4 is 14.8 Å². The number of benzene rings is 2. The number of amides is 2. The summed E-state index contributed by atoms with van der Waals surface area (Å²) in [6.07, 6.45) is 7.19. The number of carbonyl (C=O) groups excluding carboxylic acids is 2. The lowest BCUT2D eigenvalue weighted by molar-refractivity contribution is -0.126. The quantitative estimate of drug-likeness (QED) is 0.361. The summed E-state index contributed by atoms with van der Waals surface area (Å²) in [7, 11) is 3.17. The second-order valence-electron chi connectivity index (χ2n) is 9.21. The van der Waals surface area contributed by atoms with Gasteiger partial charge in [-0.05, 0) is 66.8 Å². The molecule has 0 spiro atoms. The Morgan fingerprint density at radius 3 is 2.41 bits per heavy atom. The summed E-state index contributed by atoms with van der Waals surface area (Å²) in [4.78, 5) is 29.1. The van der Waals surface area contributed by atoms with Crippen LogP contribution in [-0.2, 0) is 11.2 Å². The number of ether oxygens (including phenoxy) is 2. The maximum absolute atomic E-state index is 13.8. The molecule has 1 N–H and O–H groups in total. The molecule has 0 saturated heterocycles. The highest BCUT2D eigenvalue weighted by Crippen LogP contribution is 2.30. The maximum Gasteiger partial charge on any atom is 0.290 e. The second-order valence-corrected chi connectivity index (χ2v) is 9.65. The summed E-state index contributed by atoms with van der Waals surface area (Å²) < 4.78 is 16.2. The first-order chi connectivity index (χ1) is 18.0. The van der Waals surface area contributed by atoms with Gasteiger partial charge in [-0.3, -0.25) is 9.59 Å². The molecule has 3 aromatic rings. The number of furan rings is 1. The van der Waals surface area contributed by atoms with Gasteiger partial charge in [0.1, 0.15) is 6.04 Å². The van der Waals surface area contributed by atoms with Crippen LogP contribution in [0.1, 0.15) is 59.8 Å². The molecule has 1 aliphatic carbocycles. The molecule has 2 amide bonds. The van der Waals surface area contributed by atoms with Crippen LogP contribution in [0.25, 0.3) is 0 Å². The molecule has 37 heavy (non-hydrogen) atoms. The zero-order chi connectivity index (χ0) is 26.2. The summed E-state index contributed by atoms with van der Waals surface area (Å²) in [5, 5.41) is 3.77. The molecule has 0 bridgehead atoms. The van der Waals surface area contributed by atoms with Gasteiger partial charge in [0, 0.05) is 17.6 Å². The first kappa shape index (κ1) is 26.6. The van der Waals surface area contributed by atoms with Gasteiger partial charge in [0.2, 0.25) is 5.91 Å². The Balaban J connectivity index is 1.67. The van der Waals surface area contributed by atoms with Crippen molar-refractivity contribution in [2.45, 2.75) is 50.6 Å². The predicted octanol–water partition coefficient (Wildman–Crippen LogP) is 5.83. The predicted molar refractivity (Wildman–Crippen MR) is 142 cm³/mol. The molecule has 1 saturated carbocycles. The highest BCUT2D eigenvalue weighted by atomic mass is 35.5. The van der Waals surface area contributed by atoms with E-state index in [0.717, 1.165) is 31.2 Å². The number of halogens is 1. The van der Waals surface area contributed by atoms with Crippen LogP contribution in [0.15, 0.2) is 65.3 Å². The zero-order valence-corrected chi connectivity index (χ0v) is 22.0. The first-order valence-corrected chi connectivity index (χ1v) is 13.0. The van der Waals surface area contributed by atoms with Crippen molar-refractivity contribution in [3.05, 3.63) is 82.8 Å². The van der Waals surface area contributed by atoms with E-state index in [2.05, 4.69) is 5.32 Å². The molecule has 196 valence electrons. The van der Waals surface area contributed by atoms with Gasteiger partial charge in [0.05, 0.1) is 20.5 Å². The number of nitrogens with one attached hydrogen (secondary N) is 1. The lowest BCUT2D eigenvalue weighted by Gasteiger charge is -2.33. The average molecular weight is 525 g/mol. The third-order valence-electron chi connectivity index (χ3n) is 6.78. The minimum atomic E-state index is -0.850. The summed E-state index contributed by atoms with van der Waals surface area (Å²) >= 11 is 6.15. The van der Waals surface area contributed by atoms with Gasteiger partial charge < -0.3 is 24.1 Å². The number of methoxy groups -OCH3 is 2. The molecular weight excluding hydrogens is 492 g/mol. The molecule has 4 rings (SSSR count). The molecule has 2 aromatic carbocycles. The first-order valence-electron chi connectivity index (χ1n) is 12.6. The molecule has 1 heterocycles. The number of hydrogen-bond acceptors (Lipinski definition) is 5. The summed E-state index contributed by atoms with van der Waals surface area (Å²) in [6.45, 7) is 0.278. The van der Waals surface area contributed by atoms with E-state index in [1.54, 1.807) is 55.5 Å². The Morgan fingerprint density at radius 2 is 1.76 bits per heavy atom. The molecule has 7 nitrogen and oxygen atoms in total. The van der Waals surface area contributed by atoms with Crippen LogP contribution in [0.4, 0.5) is 0 Å². The van der Waals surface area contributed by atoms with E-state index in [1.807, 2.05) is 18.2 Å². The fourth-order valence-corrected chi connectivity index (χ4v) is 4.95. The third kappa shape index (κ3) is 6.66. The van der Waals surface area contributed by atoms with Gasteiger partial charge in [0.25, 0.3) is 5.91 Å². The second kappa shape index (κ2) is 12.7. The van der Waals surface area contributed by atoms with Crippen molar-refractivity contribution in [3.8, 4) is 11.5 Å². The van der Waals surface area contributed by atoms with Gasteiger partial charge in [-0.1, -0.05) is 49.1 Å². The van der Waals surface area contributed by atoms with E-state index >= 15 is 0 Å². The monoisotopic (exact) mass is 524 g/mol. The van der Waals surface area contributed by atoms with Crippen LogP contribution >= 0.6 is 11.6 Å². The lowest BCUT2D eigenvalue weighted by Crippen LogP contribution is -2.47. The van der Waals surface area contributed by atoms with E-state index in [4.69, 9.17) is 25.5 Å². The Bertz CT molecular complexity index is 1170.